The molecule has 1 fully saturated rings. The third-order valence-corrected chi connectivity index (χ3v) is 2.70. The number of hydrogen-bond donors (Lipinski definition) is 0. The van der Waals surface area contributed by atoms with Crippen molar-refractivity contribution in [2.24, 2.45) is 0 Å². The molecule has 0 aromatic heterocycles. The Hall–Kier alpha value is -0.685. The fourth-order valence-electron chi connectivity index (χ4n) is 1.86. The zero-order chi connectivity index (χ0) is 20.9. The van der Waals surface area contributed by atoms with Gasteiger partial charge in [0, 0.05) is 12.8 Å². The van der Waals surface area contributed by atoms with Crippen LogP contribution in [0.4, 0.5) is 51.8 Å². The first kappa shape index (κ1) is 32.9. The van der Waals surface area contributed by atoms with E-state index in [0.29, 0.717) is 0 Å². The second-order valence-corrected chi connectivity index (χ2v) is 5.34. The molecule has 16 heteroatoms. The molecule has 0 aliphatic carbocycles. The van der Waals surface area contributed by atoms with Gasteiger partial charge in [0.2, 0.25) is 0 Å². The van der Waals surface area contributed by atoms with Gasteiger partial charge in [-0.2, -0.15) is 0 Å². The lowest BCUT2D eigenvalue weighted by Crippen LogP contribution is -2.41. The summed E-state index contributed by atoms with van der Waals surface area (Å²) >= 11 is 0. The Balaban J connectivity index is -0.000000132. The SMILES string of the molecule is C.CCCC[N+]1(C)CCCC1.F[B-](F)(F)F.F[B-](F)(F)F.F[B-](F)(F)F. The number of halogens is 12. The number of rotatable bonds is 3. The third kappa shape index (κ3) is 65.5. The van der Waals surface area contributed by atoms with Crippen LogP contribution in [0.3, 0.4) is 0 Å². The van der Waals surface area contributed by atoms with Gasteiger partial charge in [0.25, 0.3) is 0 Å². The summed E-state index contributed by atoms with van der Waals surface area (Å²) in [5.74, 6) is 0. The van der Waals surface area contributed by atoms with E-state index >= 15 is 0 Å². The summed E-state index contributed by atoms with van der Waals surface area (Å²) in [5.41, 5.74) is 0. The van der Waals surface area contributed by atoms with Gasteiger partial charge in [0.05, 0.1) is 26.7 Å². The molecule has 0 N–H and O–H groups in total. The van der Waals surface area contributed by atoms with E-state index in [4.69, 9.17) is 0 Å². The summed E-state index contributed by atoms with van der Waals surface area (Å²) in [7, 11) is -15.6. The van der Waals surface area contributed by atoms with Gasteiger partial charge in [-0.3, -0.25) is 0 Å². The molecule has 0 radical (unpaired) electrons. The lowest BCUT2D eigenvalue weighted by atomic mass is 10.3. The first-order valence-electron chi connectivity index (χ1n) is 7.22. The Morgan fingerprint density at radius 3 is 1.08 bits per heavy atom. The molecule has 1 heterocycles. The van der Waals surface area contributed by atoms with Crippen LogP contribution in [0, 0.1) is 0 Å². The topological polar surface area (TPSA) is 0 Å². The predicted molar refractivity (Wildman–Crippen MR) is 82.2 cm³/mol. The lowest BCUT2D eigenvalue weighted by molar-refractivity contribution is -0.897. The quantitative estimate of drug-likeness (QED) is 0.276. The van der Waals surface area contributed by atoms with Crippen molar-refractivity contribution in [1.82, 2.24) is 0 Å². The smallest absolute Gasteiger partial charge is 0.418 e. The van der Waals surface area contributed by atoms with E-state index in [9.17, 15) is 51.8 Å². The monoisotopic (exact) mass is 419 g/mol. The van der Waals surface area contributed by atoms with Crippen LogP contribution < -0.4 is 0 Å². The Bertz CT molecular complexity index is 265. The molecule has 1 aliphatic rings. The lowest BCUT2D eigenvalue weighted by Gasteiger charge is -2.28. The van der Waals surface area contributed by atoms with Crippen molar-refractivity contribution >= 4 is 21.8 Å². The van der Waals surface area contributed by atoms with Gasteiger partial charge in [-0.25, -0.2) is 0 Å². The Labute approximate surface area is 146 Å². The highest BCUT2D eigenvalue weighted by molar-refractivity contribution is 6.50. The standard InChI is InChI=1S/C9H20N.CH4.3BF4/c1-3-4-7-10(2)8-5-6-9-10;;3*2-1(3,4)5/h3-9H2,1-2H3;1H4;;;/q+1;;3*-1. The average Bonchev–Trinajstić information content (AvgIpc) is 2.67. The third-order valence-electron chi connectivity index (χ3n) is 2.70. The Morgan fingerprint density at radius 1 is 0.654 bits per heavy atom. The molecular formula is C10H24B3F12N-2. The second kappa shape index (κ2) is 14.4. The zero-order valence-corrected chi connectivity index (χ0v) is 13.7. The van der Waals surface area contributed by atoms with Crippen LogP contribution in [0.15, 0.2) is 0 Å². The van der Waals surface area contributed by atoms with E-state index in [-0.39, 0.29) is 7.43 Å². The van der Waals surface area contributed by atoms with Gasteiger partial charge in [0.15, 0.2) is 0 Å². The van der Waals surface area contributed by atoms with E-state index in [2.05, 4.69) is 14.0 Å². The van der Waals surface area contributed by atoms with Crippen LogP contribution in [-0.4, -0.2) is 52.9 Å². The van der Waals surface area contributed by atoms with Crippen molar-refractivity contribution in [3.05, 3.63) is 0 Å². The highest BCUT2D eigenvalue weighted by Crippen LogP contribution is 2.16. The molecule has 1 saturated heterocycles. The van der Waals surface area contributed by atoms with Crippen LogP contribution in [0.1, 0.15) is 40.0 Å². The van der Waals surface area contributed by atoms with Crippen LogP contribution in [0.25, 0.3) is 0 Å². The second-order valence-electron chi connectivity index (χ2n) is 5.34. The normalized spacial score (nSPS) is 15.9. The van der Waals surface area contributed by atoms with E-state index in [1.165, 1.54) is 49.8 Å². The maximum Gasteiger partial charge on any atom is 0.673 e. The van der Waals surface area contributed by atoms with E-state index in [1.807, 2.05) is 0 Å². The number of likely N-dealkylation sites (tertiary alicyclic amines) is 1. The van der Waals surface area contributed by atoms with E-state index in [1.54, 1.807) is 0 Å². The van der Waals surface area contributed by atoms with Crippen LogP contribution in [-0.2, 0) is 0 Å². The van der Waals surface area contributed by atoms with Crippen LogP contribution in [0.5, 0.6) is 0 Å². The summed E-state index contributed by atoms with van der Waals surface area (Å²) in [6.07, 6.45) is 5.69. The van der Waals surface area contributed by atoms with Gasteiger partial charge >= 0.3 is 21.8 Å². The zero-order valence-electron chi connectivity index (χ0n) is 13.7. The van der Waals surface area contributed by atoms with Crippen molar-refractivity contribution < 1.29 is 56.3 Å². The molecule has 1 rings (SSSR count). The molecule has 26 heavy (non-hydrogen) atoms. The Morgan fingerprint density at radius 2 is 0.885 bits per heavy atom. The van der Waals surface area contributed by atoms with Gasteiger partial charge in [0.1, 0.15) is 0 Å². The van der Waals surface area contributed by atoms with E-state index < -0.39 is 21.8 Å². The number of unbranched alkanes of at least 4 members (excludes halogenated alkanes) is 1. The summed E-state index contributed by atoms with van der Waals surface area (Å²) in [6, 6.07) is 0. The number of nitrogens with zero attached hydrogens (tertiary/aromatic N) is 1. The fraction of sp³-hybridized carbons (Fsp3) is 1.00. The largest absolute Gasteiger partial charge is 0.673 e. The average molecular weight is 419 g/mol. The van der Waals surface area contributed by atoms with Gasteiger partial charge < -0.3 is 56.3 Å². The molecule has 0 atom stereocenters. The molecule has 0 saturated carbocycles. The highest BCUT2D eigenvalue weighted by Gasteiger charge is 2.25. The fourth-order valence-corrected chi connectivity index (χ4v) is 1.86. The van der Waals surface area contributed by atoms with Crippen molar-refractivity contribution in [3.63, 3.8) is 0 Å². The molecule has 164 valence electrons. The minimum absolute atomic E-state index is 0. The highest BCUT2D eigenvalue weighted by atomic mass is 19.5. The van der Waals surface area contributed by atoms with E-state index in [0.717, 1.165) is 0 Å². The van der Waals surface area contributed by atoms with Crippen molar-refractivity contribution in [3.8, 4) is 0 Å². The Kier molecular flexibility index (Phi) is 18.2. The molecule has 0 amide bonds. The van der Waals surface area contributed by atoms with Crippen LogP contribution >= 0.6 is 0 Å². The summed E-state index contributed by atoms with van der Waals surface area (Å²) in [5, 5.41) is 0. The molecule has 0 aromatic carbocycles. The van der Waals surface area contributed by atoms with Gasteiger partial charge in [-0.1, -0.05) is 20.8 Å². The minimum Gasteiger partial charge on any atom is -0.418 e. The van der Waals surface area contributed by atoms with Crippen LogP contribution in [0.2, 0.25) is 0 Å². The predicted octanol–water partition coefficient (Wildman–Crippen LogP) is 6.56. The van der Waals surface area contributed by atoms with Crippen molar-refractivity contribution in [2.45, 2.75) is 40.0 Å². The maximum absolute atomic E-state index is 9.75. The van der Waals surface area contributed by atoms with Crippen molar-refractivity contribution in [1.29, 1.82) is 0 Å². The van der Waals surface area contributed by atoms with Gasteiger partial charge in [-0.15, -0.1) is 0 Å². The molecule has 1 nitrogen and oxygen atoms in total. The summed E-state index contributed by atoms with van der Waals surface area (Å²) < 4.78 is 118. The maximum atomic E-state index is 9.75. The number of quaternary nitrogens is 1. The summed E-state index contributed by atoms with van der Waals surface area (Å²) in [6.45, 7) is 6.55. The van der Waals surface area contributed by atoms with Crippen molar-refractivity contribution in [2.75, 3.05) is 26.7 Å². The first-order valence-corrected chi connectivity index (χ1v) is 7.22. The summed E-state index contributed by atoms with van der Waals surface area (Å²) in [4.78, 5) is 0. The number of hydrogen-bond acceptors (Lipinski definition) is 0. The molecule has 0 bridgehead atoms. The first-order chi connectivity index (χ1) is 10.8. The molecule has 1 aliphatic heterocycles. The molecule has 0 unspecified atom stereocenters. The molecule has 0 spiro atoms. The minimum atomic E-state index is -6.00. The molecular weight excluding hydrogens is 395 g/mol. The van der Waals surface area contributed by atoms with Gasteiger partial charge in [-0.05, 0) is 6.42 Å². The molecule has 0 aromatic rings.